The quantitative estimate of drug-likeness (QED) is 0.432. The topological polar surface area (TPSA) is 87.2 Å². The lowest BCUT2D eigenvalue weighted by molar-refractivity contribution is 0.0689. The Morgan fingerprint density at radius 1 is 1.53 bits per heavy atom. The van der Waals surface area contributed by atoms with Crippen LogP contribution in [0, 0.1) is 0 Å². The van der Waals surface area contributed by atoms with Crippen molar-refractivity contribution in [3.63, 3.8) is 0 Å². The van der Waals surface area contributed by atoms with E-state index in [1.807, 2.05) is 0 Å². The van der Waals surface area contributed by atoms with Crippen molar-refractivity contribution >= 4 is 17.8 Å². The number of hydrogen-bond acceptors (Lipinski definition) is 4. The second kappa shape index (κ2) is 3.41. The number of aromatic nitrogens is 2. The van der Waals surface area contributed by atoms with Crippen LogP contribution < -0.4 is 0 Å². The summed E-state index contributed by atoms with van der Waals surface area (Å²) in [4.78, 5) is 14.8. The minimum Gasteiger partial charge on any atom is -0.477 e. The summed E-state index contributed by atoms with van der Waals surface area (Å²) in [5.74, 6) is -1.04. The van der Waals surface area contributed by atoms with Crippen molar-refractivity contribution in [1.29, 1.82) is 0 Å². The Morgan fingerprint density at radius 2 is 2.33 bits per heavy atom. The third kappa shape index (κ3) is 1.41. The summed E-state index contributed by atoms with van der Waals surface area (Å²) in [6.45, 7) is 0. The molecule has 15 heavy (non-hydrogen) atoms. The molecule has 0 amide bonds. The van der Waals surface area contributed by atoms with E-state index >= 15 is 0 Å². The highest BCUT2D eigenvalue weighted by Gasteiger charge is 2.10. The van der Waals surface area contributed by atoms with E-state index in [1.54, 1.807) is 0 Å². The fraction of sp³-hybridized carbons (Fsp3) is 0. The minimum absolute atomic E-state index is 0.109. The summed E-state index contributed by atoms with van der Waals surface area (Å²) in [7, 11) is 0. The van der Waals surface area contributed by atoms with Gasteiger partial charge in [-0.1, -0.05) is 5.16 Å². The van der Waals surface area contributed by atoms with Gasteiger partial charge in [0.25, 0.3) is 0 Å². The van der Waals surface area contributed by atoms with Crippen LogP contribution in [0.15, 0.2) is 29.7 Å². The highest BCUT2D eigenvalue weighted by atomic mass is 16.4. The van der Waals surface area contributed by atoms with Crippen molar-refractivity contribution < 1.29 is 15.1 Å². The molecule has 76 valence electrons. The molecule has 2 aromatic heterocycles. The zero-order valence-electron chi connectivity index (χ0n) is 7.53. The van der Waals surface area contributed by atoms with Gasteiger partial charge < -0.3 is 10.3 Å². The number of nitrogens with zero attached hydrogens (tertiary/aromatic N) is 3. The third-order valence-electron chi connectivity index (χ3n) is 2.00. The van der Waals surface area contributed by atoms with Crippen LogP contribution in [0.5, 0.6) is 0 Å². The van der Waals surface area contributed by atoms with Gasteiger partial charge in [0.15, 0.2) is 0 Å². The number of aromatic carboxylic acids is 1. The molecule has 6 nitrogen and oxygen atoms in total. The van der Waals surface area contributed by atoms with Crippen LogP contribution in [0.2, 0.25) is 0 Å². The zero-order chi connectivity index (χ0) is 10.8. The Balaban J connectivity index is 2.76. The molecule has 0 fully saturated rings. The van der Waals surface area contributed by atoms with Gasteiger partial charge in [-0.15, -0.1) is 0 Å². The van der Waals surface area contributed by atoms with Crippen molar-refractivity contribution in [3.05, 3.63) is 35.8 Å². The lowest BCUT2D eigenvalue weighted by Crippen LogP contribution is -2.05. The SMILES string of the molecule is O=C(O)c1ccc(C=NO)c2nccn12. The number of oxime groups is 1. The highest BCUT2D eigenvalue weighted by Crippen LogP contribution is 2.10. The van der Waals surface area contributed by atoms with Crippen LogP contribution >= 0.6 is 0 Å². The Morgan fingerprint density at radius 3 is 3.00 bits per heavy atom. The number of imidazole rings is 1. The molecule has 0 aliphatic carbocycles. The first-order valence-corrected chi connectivity index (χ1v) is 4.11. The summed E-state index contributed by atoms with van der Waals surface area (Å²) in [6, 6.07) is 2.96. The van der Waals surface area contributed by atoms with Crippen molar-refractivity contribution in [1.82, 2.24) is 9.38 Å². The maximum atomic E-state index is 10.9. The summed E-state index contributed by atoms with van der Waals surface area (Å²) in [6.07, 6.45) is 4.22. The van der Waals surface area contributed by atoms with Crippen molar-refractivity contribution in [2.24, 2.45) is 5.16 Å². The second-order valence-electron chi connectivity index (χ2n) is 2.84. The minimum atomic E-state index is -1.04. The van der Waals surface area contributed by atoms with Gasteiger partial charge in [-0.2, -0.15) is 0 Å². The first kappa shape index (κ1) is 9.20. The molecule has 0 aliphatic rings. The van der Waals surface area contributed by atoms with Gasteiger partial charge in [-0.05, 0) is 12.1 Å². The van der Waals surface area contributed by atoms with E-state index in [0.29, 0.717) is 11.2 Å². The van der Waals surface area contributed by atoms with Crippen LogP contribution in [-0.2, 0) is 0 Å². The van der Waals surface area contributed by atoms with E-state index in [9.17, 15) is 4.79 Å². The third-order valence-corrected chi connectivity index (χ3v) is 2.00. The number of carboxylic acids is 1. The van der Waals surface area contributed by atoms with Crippen molar-refractivity contribution in [2.75, 3.05) is 0 Å². The van der Waals surface area contributed by atoms with E-state index in [1.165, 1.54) is 35.1 Å². The largest absolute Gasteiger partial charge is 0.477 e. The standard InChI is InChI=1S/C9H7N3O3/c13-9(14)7-2-1-6(5-11-15)8-10-3-4-12(7)8/h1-5,15H,(H,13,14). The lowest BCUT2D eigenvalue weighted by Gasteiger charge is -2.01. The van der Waals surface area contributed by atoms with E-state index in [4.69, 9.17) is 10.3 Å². The highest BCUT2D eigenvalue weighted by molar-refractivity contribution is 5.92. The maximum absolute atomic E-state index is 10.9. The monoisotopic (exact) mass is 205 g/mol. The fourth-order valence-corrected chi connectivity index (χ4v) is 1.37. The number of fused-ring (bicyclic) bond motifs is 1. The summed E-state index contributed by atoms with van der Waals surface area (Å²) in [5.41, 5.74) is 1.10. The predicted octanol–water partition coefficient (Wildman–Crippen LogP) is 0.841. The molecule has 0 saturated carbocycles. The summed E-state index contributed by atoms with van der Waals surface area (Å²) < 4.78 is 1.42. The van der Waals surface area contributed by atoms with Gasteiger partial charge in [0, 0.05) is 18.0 Å². The van der Waals surface area contributed by atoms with Crippen LogP contribution in [0.3, 0.4) is 0 Å². The summed E-state index contributed by atoms with van der Waals surface area (Å²) in [5, 5.41) is 20.2. The molecule has 6 heteroatoms. The molecular formula is C9H7N3O3. The number of rotatable bonds is 2. The van der Waals surface area contributed by atoms with Gasteiger partial charge >= 0.3 is 5.97 Å². The van der Waals surface area contributed by atoms with Crippen molar-refractivity contribution in [2.45, 2.75) is 0 Å². The van der Waals surface area contributed by atoms with E-state index in [0.717, 1.165) is 0 Å². The first-order chi connectivity index (χ1) is 7.24. The number of carboxylic acid groups (broad SMARTS) is 1. The fourth-order valence-electron chi connectivity index (χ4n) is 1.37. The smallest absolute Gasteiger partial charge is 0.352 e. The molecule has 0 atom stereocenters. The van der Waals surface area contributed by atoms with Gasteiger partial charge in [-0.3, -0.25) is 4.40 Å². The summed E-state index contributed by atoms with van der Waals surface area (Å²) >= 11 is 0. The molecule has 0 spiro atoms. The molecule has 0 bridgehead atoms. The van der Waals surface area contributed by atoms with Crippen LogP contribution in [-0.4, -0.2) is 31.9 Å². The first-order valence-electron chi connectivity index (χ1n) is 4.11. The average Bonchev–Trinajstić information content (AvgIpc) is 2.66. The Kier molecular flexibility index (Phi) is 2.09. The molecule has 0 aromatic carbocycles. The molecule has 2 heterocycles. The van der Waals surface area contributed by atoms with Crippen LogP contribution in [0.1, 0.15) is 16.1 Å². The molecule has 2 rings (SSSR count). The zero-order valence-corrected chi connectivity index (χ0v) is 7.53. The molecule has 2 aromatic rings. The Hall–Kier alpha value is -2.37. The van der Waals surface area contributed by atoms with Gasteiger partial charge in [0.1, 0.15) is 11.3 Å². The lowest BCUT2D eigenvalue weighted by atomic mass is 10.2. The van der Waals surface area contributed by atoms with Crippen molar-refractivity contribution in [3.8, 4) is 0 Å². The number of carbonyl (C=O) groups is 1. The molecule has 0 unspecified atom stereocenters. The maximum Gasteiger partial charge on any atom is 0.352 e. The Labute approximate surface area is 84.1 Å². The average molecular weight is 205 g/mol. The molecule has 2 N–H and O–H groups in total. The van der Waals surface area contributed by atoms with E-state index < -0.39 is 5.97 Å². The second-order valence-corrected chi connectivity index (χ2v) is 2.84. The van der Waals surface area contributed by atoms with Gasteiger partial charge in [0.05, 0.1) is 6.21 Å². The predicted molar refractivity (Wildman–Crippen MR) is 51.5 cm³/mol. The molecule has 0 saturated heterocycles. The van der Waals surface area contributed by atoms with E-state index in [2.05, 4.69) is 10.1 Å². The molecule has 0 aliphatic heterocycles. The van der Waals surface area contributed by atoms with Crippen LogP contribution in [0.25, 0.3) is 5.65 Å². The molecular weight excluding hydrogens is 198 g/mol. The van der Waals surface area contributed by atoms with E-state index in [-0.39, 0.29) is 5.69 Å². The Bertz CT molecular complexity index is 545. The number of hydrogen-bond donors (Lipinski definition) is 2. The van der Waals surface area contributed by atoms with Gasteiger partial charge in [0.2, 0.25) is 0 Å². The van der Waals surface area contributed by atoms with Gasteiger partial charge in [-0.25, -0.2) is 9.78 Å². The number of pyridine rings is 1. The molecule has 0 radical (unpaired) electrons. The van der Waals surface area contributed by atoms with Crippen LogP contribution in [0.4, 0.5) is 0 Å². The normalized spacial score (nSPS) is 11.2.